The van der Waals surface area contributed by atoms with Crippen LogP contribution in [0, 0.1) is 0 Å². The maximum Gasteiger partial charge on any atom is 0.164 e. The van der Waals surface area contributed by atoms with Gasteiger partial charge in [-0.05, 0) is 24.3 Å². The number of pyridine rings is 1. The van der Waals surface area contributed by atoms with Gasteiger partial charge < -0.3 is 4.74 Å². The fourth-order valence-electron chi connectivity index (χ4n) is 1.10. The lowest BCUT2D eigenvalue weighted by Crippen LogP contribution is -1.85. The van der Waals surface area contributed by atoms with Gasteiger partial charge in [-0.15, -0.1) is 0 Å². The Kier molecular flexibility index (Phi) is 3.09. The van der Waals surface area contributed by atoms with Gasteiger partial charge in [0.25, 0.3) is 0 Å². The highest BCUT2D eigenvalue weighted by Gasteiger charge is 2.02. The standard InChI is InChI=1S/C11H7Cl2NO/c12-8-2-1-3-9(6-8)15-11-7-14-5-4-10(11)13/h1-7H. The lowest BCUT2D eigenvalue weighted by atomic mass is 10.3. The van der Waals surface area contributed by atoms with Crippen LogP contribution in [0.2, 0.25) is 10.0 Å². The van der Waals surface area contributed by atoms with Gasteiger partial charge in [-0.3, -0.25) is 4.98 Å². The quantitative estimate of drug-likeness (QED) is 0.785. The highest BCUT2D eigenvalue weighted by molar-refractivity contribution is 6.32. The summed E-state index contributed by atoms with van der Waals surface area (Å²) in [5.41, 5.74) is 0. The van der Waals surface area contributed by atoms with Crippen molar-refractivity contribution in [1.29, 1.82) is 0 Å². The summed E-state index contributed by atoms with van der Waals surface area (Å²) in [6.45, 7) is 0. The zero-order valence-electron chi connectivity index (χ0n) is 7.65. The Hall–Kier alpha value is -1.25. The molecule has 0 aliphatic rings. The summed E-state index contributed by atoms with van der Waals surface area (Å²) < 4.78 is 5.51. The van der Waals surface area contributed by atoms with Crippen LogP contribution in [-0.4, -0.2) is 4.98 Å². The van der Waals surface area contributed by atoms with Gasteiger partial charge in [-0.25, -0.2) is 0 Å². The molecule has 0 aliphatic heterocycles. The highest BCUT2D eigenvalue weighted by atomic mass is 35.5. The van der Waals surface area contributed by atoms with Gasteiger partial charge in [0, 0.05) is 11.2 Å². The Bertz CT molecular complexity index is 474. The number of nitrogens with zero attached hydrogens (tertiary/aromatic N) is 1. The first-order chi connectivity index (χ1) is 7.25. The topological polar surface area (TPSA) is 22.1 Å². The molecule has 0 fully saturated rings. The normalized spacial score (nSPS) is 10.0. The van der Waals surface area contributed by atoms with Gasteiger partial charge in [0.2, 0.25) is 0 Å². The molecule has 0 saturated carbocycles. The molecule has 0 radical (unpaired) electrons. The predicted octanol–water partition coefficient (Wildman–Crippen LogP) is 4.18. The van der Waals surface area contributed by atoms with E-state index in [1.54, 1.807) is 36.7 Å². The second kappa shape index (κ2) is 4.51. The van der Waals surface area contributed by atoms with Crippen LogP contribution in [0.4, 0.5) is 0 Å². The monoisotopic (exact) mass is 239 g/mol. The largest absolute Gasteiger partial charge is 0.454 e. The zero-order chi connectivity index (χ0) is 10.7. The van der Waals surface area contributed by atoms with Crippen molar-refractivity contribution in [2.24, 2.45) is 0 Å². The molecule has 2 rings (SSSR count). The van der Waals surface area contributed by atoms with E-state index in [0.29, 0.717) is 21.5 Å². The molecule has 15 heavy (non-hydrogen) atoms. The van der Waals surface area contributed by atoms with E-state index < -0.39 is 0 Å². The summed E-state index contributed by atoms with van der Waals surface area (Å²) in [6.07, 6.45) is 3.16. The third-order valence-corrected chi connectivity index (χ3v) is 2.31. The minimum absolute atomic E-state index is 0.515. The van der Waals surface area contributed by atoms with Gasteiger partial charge >= 0.3 is 0 Å². The average Bonchev–Trinajstić information content (AvgIpc) is 2.22. The summed E-state index contributed by atoms with van der Waals surface area (Å²) in [6, 6.07) is 8.77. The Labute approximate surface area is 97.4 Å². The first-order valence-electron chi connectivity index (χ1n) is 4.28. The van der Waals surface area contributed by atoms with Crippen molar-refractivity contribution < 1.29 is 4.74 Å². The van der Waals surface area contributed by atoms with Crippen LogP contribution < -0.4 is 4.74 Å². The number of ether oxygens (including phenoxy) is 1. The van der Waals surface area contributed by atoms with Gasteiger partial charge in [0.05, 0.1) is 11.2 Å². The third-order valence-electron chi connectivity index (χ3n) is 1.76. The Balaban J connectivity index is 2.26. The van der Waals surface area contributed by atoms with E-state index >= 15 is 0 Å². The molecule has 0 saturated heterocycles. The van der Waals surface area contributed by atoms with Crippen molar-refractivity contribution in [2.75, 3.05) is 0 Å². The maximum atomic E-state index is 5.92. The minimum Gasteiger partial charge on any atom is -0.454 e. The molecule has 0 bridgehead atoms. The van der Waals surface area contributed by atoms with Crippen molar-refractivity contribution in [3.8, 4) is 11.5 Å². The van der Waals surface area contributed by atoms with Crippen molar-refractivity contribution in [1.82, 2.24) is 4.98 Å². The second-order valence-electron chi connectivity index (χ2n) is 2.87. The van der Waals surface area contributed by atoms with Crippen molar-refractivity contribution in [3.63, 3.8) is 0 Å². The minimum atomic E-state index is 0.515. The molecule has 76 valence electrons. The third kappa shape index (κ3) is 2.61. The van der Waals surface area contributed by atoms with Crippen LogP contribution in [-0.2, 0) is 0 Å². The van der Waals surface area contributed by atoms with Crippen molar-refractivity contribution in [2.45, 2.75) is 0 Å². The number of benzene rings is 1. The molecular weight excluding hydrogens is 233 g/mol. The van der Waals surface area contributed by atoms with Gasteiger partial charge in [-0.1, -0.05) is 29.3 Å². The molecule has 4 heteroatoms. The van der Waals surface area contributed by atoms with Gasteiger partial charge in [0.15, 0.2) is 5.75 Å². The Morgan fingerprint density at radius 1 is 1.13 bits per heavy atom. The molecule has 0 amide bonds. The van der Waals surface area contributed by atoms with E-state index in [1.807, 2.05) is 6.07 Å². The van der Waals surface area contributed by atoms with Gasteiger partial charge in [0.1, 0.15) is 5.75 Å². The summed E-state index contributed by atoms with van der Waals surface area (Å²) in [5.74, 6) is 1.15. The molecule has 2 nitrogen and oxygen atoms in total. The van der Waals surface area contributed by atoms with Crippen LogP contribution in [0.15, 0.2) is 42.7 Å². The van der Waals surface area contributed by atoms with Crippen LogP contribution >= 0.6 is 23.2 Å². The number of hydrogen-bond donors (Lipinski definition) is 0. The molecule has 1 aromatic heterocycles. The molecular formula is C11H7Cl2NO. The average molecular weight is 240 g/mol. The molecule has 0 spiro atoms. The summed E-state index contributed by atoms with van der Waals surface area (Å²) in [5, 5.41) is 1.14. The first kappa shape index (κ1) is 10.3. The fourth-order valence-corrected chi connectivity index (χ4v) is 1.42. The molecule has 0 aliphatic carbocycles. The van der Waals surface area contributed by atoms with Crippen LogP contribution in [0.1, 0.15) is 0 Å². The number of hydrogen-bond acceptors (Lipinski definition) is 2. The van der Waals surface area contributed by atoms with Crippen molar-refractivity contribution in [3.05, 3.63) is 52.8 Å². The SMILES string of the molecule is Clc1cccc(Oc2cnccc2Cl)c1. The lowest BCUT2D eigenvalue weighted by molar-refractivity contribution is 0.480. The van der Waals surface area contributed by atoms with E-state index in [4.69, 9.17) is 27.9 Å². The molecule has 1 aromatic carbocycles. The second-order valence-corrected chi connectivity index (χ2v) is 3.71. The smallest absolute Gasteiger partial charge is 0.164 e. The van der Waals surface area contributed by atoms with E-state index in [9.17, 15) is 0 Å². The maximum absolute atomic E-state index is 5.92. The predicted molar refractivity (Wildman–Crippen MR) is 60.8 cm³/mol. The molecule has 0 unspecified atom stereocenters. The Morgan fingerprint density at radius 3 is 2.73 bits per heavy atom. The zero-order valence-corrected chi connectivity index (χ0v) is 9.16. The first-order valence-corrected chi connectivity index (χ1v) is 5.04. The van der Waals surface area contributed by atoms with Crippen LogP contribution in [0.5, 0.6) is 11.5 Å². The molecule has 2 aromatic rings. The van der Waals surface area contributed by atoms with E-state index in [2.05, 4.69) is 4.98 Å². The van der Waals surface area contributed by atoms with Gasteiger partial charge in [-0.2, -0.15) is 0 Å². The van der Waals surface area contributed by atoms with Crippen molar-refractivity contribution >= 4 is 23.2 Å². The summed E-state index contributed by atoms with van der Waals surface area (Å²) >= 11 is 11.7. The summed E-state index contributed by atoms with van der Waals surface area (Å²) in [7, 11) is 0. The fraction of sp³-hybridized carbons (Fsp3) is 0. The summed E-state index contributed by atoms with van der Waals surface area (Å²) in [4.78, 5) is 3.92. The Morgan fingerprint density at radius 2 is 2.00 bits per heavy atom. The lowest BCUT2D eigenvalue weighted by Gasteiger charge is -2.06. The number of aromatic nitrogens is 1. The van der Waals surface area contributed by atoms with Crippen LogP contribution in [0.25, 0.3) is 0 Å². The van der Waals surface area contributed by atoms with Crippen LogP contribution in [0.3, 0.4) is 0 Å². The molecule has 1 heterocycles. The molecule has 0 N–H and O–H groups in total. The van der Waals surface area contributed by atoms with E-state index in [-0.39, 0.29) is 0 Å². The highest BCUT2D eigenvalue weighted by Crippen LogP contribution is 2.28. The molecule has 0 atom stereocenters. The number of rotatable bonds is 2. The number of halogens is 2. The van der Waals surface area contributed by atoms with E-state index in [1.165, 1.54) is 0 Å². The van der Waals surface area contributed by atoms with E-state index in [0.717, 1.165) is 0 Å².